The maximum Gasteiger partial charge on any atom is 0.0726 e. The van der Waals surface area contributed by atoms with Crippen molar-refractivity contribution in [1.29, 1.82) is 0 Å². The highest BCUT2D eigenvalue weighted by Crippen LogP contribution is 2.40. The van der Waals surface area contributed by atoms with Gasteiger partial charge in [0, 0.05) is 18.7 Å². The van der Waals surface area contributed by atoms with E-state index in [2.05, 4.69) is 33.0 Å². The summed E-state index contributed by atoms with van der Waals surface area (Å²) in [4.78, 5) is 0. The highest BCUT2D eigenvalue weighted by molar-refractivity contribution is 4.87. The lowest BCUT2D eigenvalue weighted by atomic mass is 9.69. The zero-order valence-corrected chi connectivity index (χ0v) is 13.4. The van der Waals surface area contributed by atoms with Crippen molar-refractivity contribution in [2.45, 2.75) is 90.8 Å². The maximum absolute atomic E-state index is 5.79. The third kappa shape index (κ3) is 3.95. The summed E-state index contributed by atoms with van der Waals surface area (Å²) >= 11 is 0. The Hall–Kier alpha value is -0.0800. The third-order valence-electron chi connectivity index (χ3n) is 5.76. The molecule has 1 saturated carbocycles. The molecule has 0 bridgehead atoms. The first kappa shape index (κ1) is 15.3. The third-order valence-corrected chi connectivity index (χ3v) is 5.76. The van der Waals surface area contributed by atoms with E-state index in [1.165, 1.54) is 44.9 Å². The maximum atomic E-state index is 5.79. The van der Waals surface area contributed by atoms with Gasteiger partial charge in [0.2, 0.25) is 0 Å². The minimum absolute atomic E-state index is 0.463. The van der Waals surface area contributed by atoms with Crippen LogP contribution in [0.2, 0.25) is 0 Å². The van der Waals surface area contributed by atoms with E-state index in [1.54, 1.807) is 0 Å². The lowest BCUT2D eigenvalue weighted by Gasteiger charge is -2.40. The highest BCUT2D eigenvalue weighted by atomic mass is 16.5. The van der Waals surface area contributed by atoms with Crippen molar-refractivity contribution in [1.82, 2.24) is 5.32 Å². The molecule has 1 heterocycles. The van der Waals surface area contributed by atoms with E-state index in [9.17, 15) is 0 Å². The fraction of sp³-hybridized carbons (Fsp3) is 1.00. The van der Waals surface area contributed by atoms with Crippen LogP contribution < -0.4 is 5.32 Å². The van der Waals surface area contributed by atoms with Crippen LogP contribution in [0.15, 0.2) is 0 Å². The Labute approximate surface area is 119 Å². The van der Waals surface area contributed by atoms with Gasteiger partial charge in [-0.3, -0.25) is 0 Å². The van der Waals surface area contributed by atoms with E-state index >= 15 is 0 Å². The van der Waals surface area contributed by atoms with E-state index in [0.29, 0.717) is 17.6 Å². The number of ether oxygens (including phenoxy) is 1. The molecule has 1 N–H and O–H groups in total. The van der Waals surface area contributed by atoms with Gasteiger partial charge >= 0.3 is 0 Å². The van der Waals surface area contributed by atoms with Gasteiger partial charge < -0.3 is 10.1 Å². The van der Waals surface area contributed by atoms with Crippen LogP contribution in [0.5, 0.6) is 0 Å². The van der Waals surface area contributed by atoms with Crippen molar-refractivity contribution in [2.24, 2.45) is 11.3 Å². The van der Waals surface area contributed by atoms with Crippen molar-refractivity contribution in [2.75, 3.05) is 6.61 Å². The zero-order valence-electron chi connectivity index (χ0n) is 13.4. The summed E-state index contributed by atoms with van der Waals surface area (Å²) in [5.74, 6) is 0.925. The molecule has 0 aromatic carbocycles. The van der Waals surface area contributed by atoms with Gasteiger partial charge in [0.15, 0.2) is 0 Å². The Kier molecular flexibility index (Phi) is 5.30. The van der Waals surface area contributed by atoms with Gasteiger partial charge in [0.05, 0.1) is 6.10 Å². The monoisotopic (exact) mass is 267 g/mol. The fourth-order valence-corrected chi connectivity index (χ4v) is 3.81. The first-order chi connectivity index (χ1) is 9.03. The first-order valence-corrected chi connectivity index (χ1v) is 8.40. The van der Waals surface area contributed by atoms with Crippen LogP contribution in [0, 0.1) is 11.3 Å². The van der Waals surface area contributed by atoms with Crippen LogP contribution in [0.1, 0.15) is 72.6 Å². The average molecular weight is 267 g/mol. The molecule has 0 spiro atoms. The quantitative estimate of drug-likeness (QED) is 0.808. The lowest BCUT2D eigenvalue weighted by Crippen LogP contribution is -2.45. The molecule has 1 saturated heterocycles. The molecule has 2 heteroatoms. The van der Waals surface area contributed by atoms with E-state index in [-0.39, 0.29) is 0 Å². The number of rotatable bonds is 5. The molecule has 1 aliphatic carbocycles. The second kappa shape index (κ2) is 6.58. The summed E-state index contributed by atoms with van der Waals surface area (Å²) in [5.41, 5.74) is 0.533. The van der Waals surface area contributed by atoms with Crippen LogP contribution in [-0.4, -0.2) is 24.8 Å². The van der Waals surface area contributed by atoms with Gasteiger partial charge in [-0.25, -0.2) is 0 Å². The molecule has 19 heavy (non-hydrogen) atoms. The molecule has 2 rings (SSSR count). The second-order valence-corrected chi connectivity index (χ2v) is 7.40. The molecule has 0 radical (unpaired) electrons. The van der Waals surface area contributed by atoms with E-state index < -0.39 is 0 Å². The Morgan fingerprint density at radius 3 is 2.37 bits per heavy atom. The minimum Gasteiger partial charge on any atom is -0.377 e. The minimum atomic E-state index is 0.463. The molecule has 2 atom stereocenters. The van der Waals surface area contributed by atoms with E-state index in [0.717, 1.165) is 18.6 Å². The SMILES string of the molecule is CCC(C)(C)C1CCC(NC(C)C2CCCO2)CC1. The molecular formula is C17H33NO. The van der Waals surface area contributed by atoms with Gasteiger partial charge in [-0.2, -0.15) is 0 Å². The van der Waals surface area contributed by atoms with E-state index in [1.807, 2.05) is 0 Å². The van der Waals surface area contributed by atoms with Gasteiger partial charge in [0.1, 0.15) is 0 Å². The summed E-state index contributed by atoms with van der Waals surface area (Å²) in [6, 6.07) is 1.26. The smallest absolute Gasteiger partial charge is 0.0726 e. The van der Waals surface area contributed by atoms with Crippen LogP contribution in [-0.2, 0) is 4.74 Å². The standard InChI is InChI=1S/C17H33NO/c1-5-17(3,4)14-8-10-15(11-9-14)18-13(2)16-7-6-12-19-16/h13-16,18H,5-12H2,1-4H3. The van der Waals surface area contributed by atoms with Crippen molar-refractivity contribution >= 4 is 0 Å². The first-order valence-electron chi connectivity index (χ1n) is 8.40. The van der Waals surface area contributed by atoms with Crippen LogP contribution >= 0.6 is 0 Å². The van der Waals surface area contributed by atoms with Crippen molar-refractivity contribution < 1.29 is 4.74 Å². The Balaban J connectivity index is 1.74. The summed E-state index contributed by atoms with van der Waals surface area (Å²) < 4.78 is 5.79. The van der Waals surface area contributed by atoms with Crippen molar-refractivity contribution in [3.63, 3.8) is 0 Å². The molecule has 1 aliphatic heterocycles. The molecule has 2 aliphatic rings. The van der Waals surface area contributed by atoms with Gasteiger partial charge in [0.25, 0.3) is 0 Å². The van der Waals surface area contributed by atoms with Crippen molar-refractivity contribution in [3.05, 3.63) is 0 Å². The van der Waals surface area contributed by atoms with Crippen LogP contribution in [0.4, 0.5) is 0 Å². The molecule has 2 nitrogen and oxygen atoms in total. The number of nitrogens with one attached hydrogen (secondary N) is 1. The molecule has 0 aromatic heterocycles. The van der Waals surface area contributed by atoms with Crippen molar-refractivity contribution in [3.8, 4) is 0 Å². The Bertz CT molecular complexity index is 262. The normalized spacial score (nSPS) is 34.4. The number of hydrogen-bond acceptors (Lipinski definition) is 2. The Morgan fingerprint density at radius 2 is 1.84 bits per heavy atom. The second-order valence-electron chi connectivity index (χ2n) is 7.40. The summed E-state index contributed by atoms with van der Waals surface area (Å²) in [6.07, 6.45) is 9.76. The highest BCUT2D eigenvalue weighted by Gasteiger charge is 2.33. The molecule has 0 amide bonds. The largest absolute Gasteiger partial charge is 0.377 e. The Morgan fingerprint density at radius 1 is 1.16 bits per heavy atom. The van der Waals surface area contributed by atoms with Gasteiger partial charge in [-0.05, 0) is 56.8 Å². The van der Waals surface area contributed by atoms with Crippen LogP contribution in [0.3, 0.4) is 0 Å². The van der Waals surface area contributed by atoms with Gasteiger partial charge in [-0.15, -0.1) is 0 Å². The molecule has 0 aromatic rings. The molecular weight excluding hydrogens is 234 g/mol. The summed E-state index contributed by atoms with van der Waals surface area (Å²) in [5, 5.41) is 3.83. The molecule has 2 unspecified atom stereocenters. The molecule has 2 fully saturated rings. The van der Waals surface area contributed by atoms with Gasteiger partial charge in [-0.1, -0.05) is 27.2 Å². The predicted molar refractivity (Wildman–Crippen MR) is 81.4 cm³/mol. The molecule has 112 valence electrons. The predicted octanol–water partition coefficient (Wildman–Crippen LogP) is 4.14. The fourth-order valence-electron chi connectivity index (χ4n) is 3.81. The summed E-state index contributed by atoms with van der Waals surface area (Å²) in [7, 11) is 0. The lowest BCUT2D eigenvalue weighted by molar-refractivity contribution is 0.0714. The topological polar surface area (TPSA) is 21.3 Å². The van der Waals surface area contributed by atoms with Crippen LogP contribution in [0.25, 0.3) is 0 Å². The van der Waals surface area contributed by atoms with E-state index in [4.69, 9.17) is 4.74 Å². The summed E-state index contributed by atoms with van der Waals surface area (Å²) in [6.45, 7) is 10.5. The zero-order chi connectivity index (χ0) is 13.9. The number of hydrogen-bond donors (Lipinski definition) is 1. The average Bonchev–Trinajstić information content (AvgIpc) is 2.93.